The molecule has 0 atom stereocenters. The molecule has 0 N–H and O–H groups in total. The fourth-order valence-corrected chi connectivity index (χ4v) is 2.40. The van der Waals surface area contributed by atoms with Crippen molar-refractivity contribution in [3.8, 4) is 0 Å². The number of nitroso groups, excluding NO2 is 1. The molecule has 1 aliphatic rings. The molecule has 2 rings (SSSR count). The van der Waals surface area contributed by atoms with Gasteiger partial charge in [-0.3, -0.25) is 0 Å². The smallest absolute Gasteiger partial charge is 0.112 e. The second-order valence-corrected chi connectivity index (χ2v) is 3.48. The number of hydrogen-bond acceptors (Lipinski definition) is 3. The Morgan fingerprint density at radius 3 is 3.09 bits per heavy atom. The van der Waals surface area contributed by atoms with Crippen molar-refractivity contribution in [3.05, 3.63) is 34.2 Å². The number of rotatable bonds is 1. The zero-order chi connectivity index (χ0) is 7.68. The molecule has 0 saturated heterocycles. The minimum Gasteiger partial charge on any atom is -0.152 e. The average Bonchev–Trinajstić information content (AvgIpc) is 2.50. The van der Waals surface area contributed by atoms with Gasteiger partial charge in [-0.1, -0.05) is 12.1 Å². The molecular weight excluding hydrogens is 158 g/mol. The van der Waals surface area contributed by atoms with E-state index in [2.05, 4.69) is 11.2 Å². The number of fused-ring (bicyclic) bond motifs is 1. The van der Waals surface area contributed by atoms with Gasteiger partial charge in [0.2, 0.25) is 0 Å². The SMILES string of the molecule is O=Nc1cccc2c1CSC2. The maximum Gasteiger partial charge on any atom is 0.112 e. The third kappa shape index (κ3) is 1.05. The van der Waals surface area contributed by atoms with Crippen LogP contribution in [0.15, 0.2) is 23.4 Å². The van der Waals surface area contributed by atoms with Crippen LogP contribution in [0.3, 0.4) is 0 Å². The summed E-state index contributed by atoms with van der Waals surface area (Å²) in [4.78, 5) is 10.3. The Labute approximate surface area is 69.0 Å². The Bertz CT molecular complexity index is 298. The molecule has 0 amide bonds. The Morgan fingerprint density at radius 1 is 1.36 bits per heavy atom. The topological polar surface area (TPSA) is 29.4 Å². The van der Waals surface area contributed by atoms with Crippen LogP contribution in [0.5, 0.6) is 0 Å². The third-order valence-electron chi connectivity index (χ3n) is 1.85. The van der Waals surface area contributed by atoms with Gasteiger partial charge in [-0.05, 0) is 22.4 Å². The van der Waals surface area contributed by atoms with Gasteiger partial charge in [-0.2, -0.15) is 11.8 Å². The largest absolute Gasteiger partial charge is 0.152 e. The molecule has 0 unspecified atom stereocenters. The molecule has 0 radical (unpaired) electrons. The van der Waals surface area contributed by atoms with Crippen molar-refractivity contribution in [2.24, 2.45) is 5.18 Å². The van der Waals surface area contributed by atoms with E-state index in [0.717, 1.165) is 17.1 Å². The average molecular weight is 165 g/mol. The summed E-state index contributed by atoms with van der Waals surface area (Å²) in [6.45, 7) is 0. The van der Waals surface area contributed by atoms with Crippen LogP contribution in [0.25, 0.3) is 0 Å². The van der Waals surface area contributed by atoms with Crippen molar-refractivity contribution < 1.29 is 0 Å². The second-order valence-electron chi connectivity index (χ2n) is 2.50. The van der Waals surface area contributed by atoms with E-state index in [1.807, 2.05) is 17.8 Å². The standard InChI is InChI=1S/C8H7NOS/c10-9-8-3-1-2-6-4-11-5-7(6)8/h1-3H,4-5H2. The monoisotopic (exact) mass is 165 g/mol. The predicted octanol–water partition coefficient (Wildman–Crippen LogP) is 2.83. The van der Waals surface area contributed by atoms with Crippen LogP contribution in [-0.4, -0.2) is 0 Å². The number of thioether (sulfide) groups is 1. The Morgan fingerprint density at radius 2 is 2.27 bits per heavy atom. The van der Waals surface area contributed by atoms with Crippen LogP contribution in [0.2, 0.25) is 0 Å². The molecule has 1 aliphatic heterocycles. The number of benzene rings is 1. The molecule has 0 fully saturated rings. The van der Waals surface area contributed by atoms with Crippen molar-refractivity contribution in [1.29, 1.82) is 0 Å². The summed E-state index contributed by atoms with van der Waals surface area (Å²) >= 11 is 1.83. The zero-order valence-electron chi connectivity index (χ0n) is 5.91. The maximum absolute atomic E-state index is 10.3. The first-order chi connectivity index (χ1) is 5.42. The lowest BCUT2D eigenvalue weighted by Crippen LogP contribution is -1.80. The van der Waals surface area contributed by atoms with Gasteiger partial charge in [-0.15, -0.1) is 4.91 Å². The number of nitrogens with zero attached hydrogens (tertiary/aromatic N) is 1. The lowest BCUT2D eigenvalue weighted by atomic mass is 10.1. The van der Waals surface area contributed by atoms with Gasteiger partial charge in [0.15, 0.2) is 0 Å². The van der Waals surface area contributed by atoms with E-state index in [1.165, 1.54) is 5.56 Å². The second kappa shape index (κ2) is 2.66. The highest BCUT2D eigenvalue weighted by Gasteiger charge is 2.14. The summed E-state index contributed by atoms with van der Waals surface area (Å²) in [5.41, 5.74) is 3.02. The molecule has 0 bridgehead atoms. The summed E-state index contributed by atoms with van der Waals surface area (Å²) in [6.07, 6.45) is 0. The summed E-state index contributed by atoms with van der Waals surface area (Å²) in [6, 6.07) is 5.73. The highest BCUT2D eigenvalue weighted by atomic mass is 32.2. The van der Waals surface area contributed by atoms with Crippen molar-refractivity contribution in [3.63, 3.8) is 0 Å². The minimum atomic E-state index is 0.618. The van der Waals surface area contributed by atoms with Gasteiger partial charge < -0.3 is 0 Å². The molecule has 0 spiro atoms. The Hall–Kier alpha value is -0.830. The zero-order valence-corrected chi connectivity index (χ0v) is 6.73. The Balaban J connectivity index is 2.58. The summed E-state index contributed by atoms with van der Waals surface area (Å²) in [5, 5.41) is 2.98. The molecule has 3 heteroatoms. The highest BCUT2D eigenvalue weighted by Crippen LogP contribution is 2.35. The molecular formula is C8H7NOS. The van der Waals surface area contributed by atoms with Crippen molar-refractivity contribution >= 4 is 17.4 Å². The fraction of sp³-hybridized carbons (Fsp3) is 0.250. The van der Waals surface area contributed by atoms with E-state index < -0.39 is 0 Å². The Kier molecular flexibility index (Phi) is 1.66. The van der Waals surface area contributed by atoms with Gasteiger partial charge in [0.05, 0.1) is 0 Å². The third-order valence-corrected chi connectivity index (χ3v) is 2.86. The van der Waals surface area contributed by atoms with E-state index >= 15 is 0 Å². The van der Waals surface area contributed by atoms with Crippen molar-refractivity contribution in [2.45, 2.75) is 11.5 Å². The van der Waals surface area contributed by atoms with Crippen LogP contribution in [0, 0.1) is 4.91 Å². The fourth-order valence-electron chi connectivity index (χ4n) is 1.27. The van der Waals surface area contributed by atoms with Crippen molar-refractivity contribution in [2.75, 3.05) is 0 Å². The molecule has 2 nitrogen and oxygen atoms in total. The first kappa shape index (κ1) is 6.85. The van der Waals surface area contributed by atoms with Gasteiger partial charge >= 0.3 is 0 Å². The van der Waals surface area contributed by atoms with Crippen molar-refractivity contribution in [1.82, 2.24) is 0 Å². The van der Waals surface area contributed by atoms with Crippen LogP contribution in [0.1, 0.15) is 11.1 Å². The van der Waals surface area contributed by atoms with E-state index in [4.69, 9.17) is 0 Å². The van der Waals surface area contributed by atoms with E-state index in [9.17, 15) is 4.91 Å². The summed E-state index contributed by atoms with van der Waals surface area (Å²) < 4.78 is 0. The van der Waals surface area contributed by atoms with Crippen LogP contribution < -0.4 is 0 Å². The molecule has 0 saturated carbocycles. The molecule has 56 valence electrons. The molecule has 1 aromatic rings. The van der Waals surface area contributed by atoms with Crippen LogP contribution in [0.4, 0.5) is 5.69 Å². The van der Waals surface area contributed by atoms with Gasteiger partial charge in [-0.25, -0.2) is 0 Å². The summed E-state index contributed by atoms with van der Waals surface area (Å²) in [7, 11) is 0. The van der Waals surface area contributed by atoms with E-state index in [1.54, 1.807) is 6.07 Å². The molecule has 0 aliphatic carbocycles. The lowest BCUT2D eigenvalue weighted by Gasteiger charge is -1.97. The molecule has 1 heterocycles. The molecule has 11 heavy (non-hydrogen) atoms. The maximum atomic E-state index is 10.3. The van der Waals surface area contributed by atoms with E-state index in [-0.39, 0.29) is 0 Å². The van der Waals surface area contributed by atoms with Crippen LogP contribution in [-0.2, 0) is 11.5 Å². The van der Waals surface area contributed by atoms with Gasteiger partial charge in [0.1, 0.15) is 5.69 Å². The normalized spacial score (nSPS) is 14.5. The first-order valence-electron chi connectivity index (χ1n) is 3.43. The van der Waals surface area contributed by atoms with Gasteiger partial charge in [0.25, 0.3) is 0 Å². The first-order valence-corrected chi connectivity index (χ1v) is 4.59. The minimum absolute atomic E-state index is 0.618. The lowest BCUT2D eigenvalue weighted by molar-refractivity contribution is 1.31. The van der Waals surface area contributed by atoms with Gasteiger partial charge in [0, 0.05) is 11.5 Å². The molecule has 1 aromatic carbocycles. The molecule has 0 aromatic heterocycles. The van der Waals surface area contributed by atoms with Crippen LogP contribution >= 0.6 is 11.8 Å². The quantitative estimate of drug-likeness (QED) is 0.599. The van der Waals surface area contributed by atoms with E-state index in [0.29, 0.717) is 5.69 Å². The predicted molar refractivity (Wildman–Crippen MR) is 46.9 cm³/mol. The highest BCUT2D eigenvalue weighted by molar-refractivity contribution is 7.98. The summed E-state index contributed by atoms with van der Waals surface area (Å²) in [5.74, 6) is 1.97. The number of hydrogen-bond donors (Lipinski definition) is 0.